The maximum absolute atomic E-state index is 10.4. The minimum atomic E-state index is -0.677. The Labute approximate surface area is 136 Å². The fraction of sp³-hybridized carbons (Fsp3) is 0.444. The molecule has 0 saturated heterocycles. The summed E-state index contributed by atoms with van der Waals surface area (Å²) in [6, 6.07) is 8.77. The van der Waals surface area contributed by atoms with Crippen LogP contribution in [0.5, 0.6) is 5.75 Å². The molecule has 23 heavy (non-hydrogen) atoms. The first-order valence-corrected chi connectivity index (χ1v) is 8.18. The Morgan fingerprint density at radius 3 is 2.78 bits per heavy atom. The van der Waals surface area contributed by atoms with Gasteiger partial charge in [0.1, 0.15) is 17.9 Å². The number of aromatic nitrogens is 2. The number of hydrogen-bond acceptors (Lipinski definition) is 5. The molecule has 1 saturated carbocycles. The normalized spacial score (nSPS) is 15.4. The van der Waals surface area contributed by atoms with E-state index in [0.29, 0.717) is 12.1 Å². The minimum Gasteiger partial charge on any atom is -0.508 e. The average molecular weight is 313 g/mol. The van der Waals surface area contributed by atoms with Crippen molar-refractivity contribution in [3.63, 3.8) is 0 Å². The number of rotatable bonds is 7. The highest BCUT2D eigenvalue weighted by Crippen LogP contribution is 2.32. The van der Waals surface area contributed by atoms with Crippen LogP contribution >= 0.6 is 0 Å². The minimum absolute atomic E-state index is 0.165. The van der Waals surface area contributed by atoms with Gasteiger partial charge in [0, 0.05) is 24.8 Å². The Balaban J connectivity index is 1.71. The van der Waals surface area contributed by atoms with Crippen LogP contribution in [0.15, 0.2) is 36.7 Å². The van der Waals surface area contributed by atoms with Crippen LogP contribution in [0.3, 0.4) is 0 Å². The van der Waals surface area contributed by atoms with E-state index in [1.165, 1.54) is 12.8 Å². The zero-order valence-electron chi connectivity index (χ0n) is 13.4. The summed E-state index contributed by atoms with van der Waals surface area (Å²) in [6.45, 7) is 3.22. The van der Waals surface area contributed by atoms with Crippen LogP contribution in [0.4, 0.5) is 5.82 Å². The third-order valence-electron chi connectivity index (χ3n) is 4.26. The molecular formula is C18H23N3O2. The van der Waals surface area contributed by atoms with Gasteiger partial charge < -0.3 is 15.1 Å². The van der Waals surface area contributed by atoms with Gasteiger partial charge in [-0.05, 0) is 49.8 Å². The molecule has 2 aromatic rings. The molecule has 0 spiro atoms. The molecule has 1 aromatic carbocycles. The van der Waals surface area contributed by atoms with E-state index in [1.807, 2.05) is 24.0 Å². The molecule has 0 amide bonds. The summed E-state index contributed by atoms with van der Waals surface area (Å²) in [6.07, 6.45) is 4.54. The monoisotopic (exact) mass is 313 g/mol. The molecule has 3 rings (SSSR count). The molecule has 2 N–H and O–H groups in total. The van der Waals surface area contributed by atoms with Gasteiger partial charge in [-0.15, -0.1) is 0 Å². The number of aromatic hydroxyl groups is 1. The van der Waals surface area contributed by atoms with Gasteiger partial charge in [0.2, 0.25) is 0 Å². The van der Waals surface area contributed by atoms with Crippen molar-refractivity contribution in [1.29, 1.82) is 0 Å². The third-order valence-corrected chi connectivity index (χ3v) is 4.26. The van der Waals surface area contributed by atoms with Crippen LogP contribution in [0.1, 0.15) is 37.1 Å². The number of phenolic OH excluding ortho intramolecular Hbond substituents is 1. The first kappa shape index (κ1) is 15.7. The van der Waals surface area contributed by atoms with Gasteiger partial charge in [0.15, 0.2) is 0 Å². The summed E-state index contributed by atoms with van der Waals surface area (Å²) < 4.78 is 0. The topological polar surface area (TPSA) is 69.5 Å². The molecule has 0 bridgehead atoms. The fourth-order valence-corrected chi connectivity index (χ4v) is 2.72. The van der Waals surface area contributed by atoms with Crippen molar-refractivity contribution in [3.8, 4) is 5.75 Å². The predicted octanol–water partition coefficient (Wildman–Crippen LogP) is 2.69. The molecule has 1 aromatic heterocycles. The van der Waals surface area contributed by atoms with E-state index in [4.69, 9.17) is 0 Å². The number of phenols is 1. The Morgan fingerprint density at radius 1 is 1.26 bits per heavy atom. The quantitative estimate of drug-likeness (QED) is 0.822. The summed E-state index contributed by atoms with van der Waals surface area (Å²) in [4.78, 5) is 10.7. The number of anilines is 1. The van der Waals surface area contributed by atoms with Crippen molar-refractivity contribution >= 4 is 5.82 Å². The van der Waals surface area contributed by atoms with Crippen LogP contribution in [-0.4, -0.2) is 33.3 Å². The molecule has 1 fully saturated rings. The second kappa shape index (κ2) is 6.96. The molecule has 0 radical (unpaired) electrons. The number of nitrogens with zero attached hydrogens (tertiary/aromatic N) is 3. The zero-order valence-corrected chi connectivity index (χ0v) is 13.4. The Kier molecular flexibility index (Phi) is 4.76. The van der Waals surface area contributed by atoms with Gasteiger partial charge >= 0.3 is 0 Å². The molecule has 122 valence electrons. The van der Waals surface area contributed by atoms with Crippen molar-refractivity contribution in [1.82, 2.24) is 9.97 Å². The van der Waals surface area contributed by atoms with Crippen molar-refractivity contribution in [2.24, 2.45) is 5.92 Å². The fourth-order valence-electron chi connectivity index (χ4n) is 2.72. The number of hydrogen-bond donors (Lipinski definition) is 2. The molecule has 0 aliphatic heterocycles. The maximum Gasteiger partial charge on any atom is 0.132 e. The molecule has 5 heteroatoms. The lowest BCUT2D eigenvalue weighted by atomic mass is 10.1. The largest absolute Gasteiger partial charge is 0.508 e. The zero-order chi connectivity index (χ0) is 16.2. The molecule has 1 aliphatic carbocycles. The Hall–Kier alpha value is -2.14. The summed E-state index contributed by atoms with van der Waals surface area (Å²) in [7, 11) is 0. The molecule has 1 unspecified atom stereocenters. The average Bonchev–Trinajstić information content (AvgIpc) is 3.36. The molecular weight excluding hydrogens is 290 g/mol. The van der Waals surface area contributed by atoms with Crippen LogP contribution < -0.4 is 4.90 Å². The first-order chi connectivity index (χ1) is 11.2. The van der Waals surface area contributed by atoms with Crippen LogP contribution in [-0.2, 0) is 6.42 Å². The highest BCUT2D eigenvalue weighted by molar-refractivity contribution is 5.40. The summed E-state index contributed by atoms with van der Waals surface area (Å²) in [5.41, 5.74) is 1.78. The van der Waals surface area contributed by atoms with E-state index >= 15 is 0 Å². The molecule has 1 aliphatic rings. The van der Waals surface area contributed by atoms with Gasteiger partial charge in [-0.2, -0.15) is 0 Å². The highest BCUT2D eigenvalue weighted by atomic mass is 16.3. The molecule has 1 atom stereocenters. The third kappa shape index (κ3) is 4.20. The SMILES string of the molecule is CCN(CC(O)c1cccc(O)c1)c1cc(CC2CC2)ncn1. The maximum atomic E-state index is 10.4. The molecule has 5 nitrogen and oxygen atoms in total. The second-order valence-corrected chi connectivity index (χ2v) is 6.16. The van der Waals surface area contributed by atoms with E-state index in [9.17, 15) is 10.2 Å². The first-order valence-electron chi connectivity index (χ1n) is 8.18. The Morgan fingerprint density at radius 2 is 2.09 bits per heavy atom. The van der Waals surface area contributed by atoms with Crippen LogP contribution in [0.25, 0.3) is 0 Å². The van der Waals surface area contributed by atoms with Gasteiger partial charge in [-0.3, -0.25) is 0 Å². The highest BCUT2D eigenvalue weighted by Gasteiger charge is 2.23. The lowest BCUT2D eigenvalue weighted by Gasteiger charge is -2.25. The van der Waals surface area contributed by atoms with Gasteiger partial charge in [-0.1, -0.05) is 12.1 Å². The second-order valence-electron chi connectivity index (χ2n) is 6.16. The predicted molar refractivity (Wildman–Crippen MR) is 89.4 cm³/mol. The lowest BCUT2D eigenvalue weighted by molar-refractivity contribution is 0.183. The smallest absolute Gasteiger partial charge is 0.132 e. The molecule has 1 heterocycles. The van der Waals surface area contributed by atoms with E-state index in [0.717, 1.165) is 30.4 Å². The summed E-state index contributed by atoms with van der Waals surface area (Å²) in [5.74, 6) is 1.79. The van der Waals surface area contributed by atoms with E-state index in [2.05, 4.69) is 9.97 Å². The van der Waals surface area contributed by atoms with Crippen LogP contribution in [0.2, 0.25) is 0 Å². The number of aliphatic hydroxyl groups is 1. The van der Waals surface area contributed by atoms with Crippen LogP contribution in [0, 0.1) is 5.92 Å². The van der Waals surface area contributed by atoms with Gasteiger partial charge in [0.05, 0.1) is 6.10 Å². The van der Waals surface area contributed by atoms with Crippen molar-refractivity contribution in [3.05, 3.63) is 47.9 Å². The van der Waals surface area contributed by atoms with Crippen molar-refractivity contribution in [2.75, 3.05) is 18.0 Å². The van der Waals surface area contributed by atoms with Gasteiger partial charge in [-0.25, -0.2) is 9.97 Å². The van der Waals surface area contributed by atoms with E-state index in [1.54, 1.807) is 24.5 Å². The summed E-state index contributed by atoms with van der Waals surface area (Å²) in [5, 5.41) is 20.0. The van der Waals surface area contributed by atoms with Crippen molar-refractivity contribution < 1.29 is 10.2 Å². The Bertz CT molecular complexity index is 658. The number of aliphatic hydroxyl groups excluding tert-OH is 1. The number of likely N-dealkylation sites (N-methyl/N-ethyl adjacent to an activating group) is 1. The van der Waals surface area contributed by atoms with Gasteiger partial charge in [0.25, 0.3) is 0 Å². The lowest BCUT2D eigenvalue weighted by Crippen LogP contribution is -2.29. The van der Waals surface area contributed by atoms with E-state index < -0.39 is 6.10 Å². The van der Waals surface area contributed by atoms with Crippen molar-refractivity contribution in [2.45, 2.75) is 32.3 Å². The standard InChI is InChI=1S/C18H23N3O2/c1-2-21(11-17(23)14-4-3-5-16(22)9-14)18-10-15(19-12-20-18)8-13-6-7-13/h3-5,9-10,12-13,17,22-23H,2,6-8,11H2,1H3. The van der Waals surface area contributed by atoms with E-state index in [-0.39, 0.29) is 5.75 Å². The summed E-state index contributed by atoms with van der Waals surface area (Å²) >= 11 is 0. The number of benzene rings is 1.